The Bertz CT molecular complexity index is 1160. The van der Waals surface area contributed by atoms with Crippen molar-refractivity contribution in [3.05, 3.63) is 53.6 Å². The van der Waals surface area contributed by atoms with Crippen molar-refractivity contribution in [3.63, 3.8) is 0 Å². The number of benzene rings is 2. The van der Waals surface area contributed by atoms with E-state index in [0.717, 1.165) is 11.8 Å². The maximum Gasteiger partial charge on any atom is 0.243 e. The number of sulfonamides is 2. The van der Waals surface area contributed by atoms with Crippen molar-refractivity contribution in [2.24, 2.45) is 0 Å². The summed E-state index contributed by atoms with van der Waals surface area (Å²) in [6.07, 6.45) is 2.04. The molecule has 1 aliphatic rings. The number of amides is 1. The number of carbonyl (C=O) groups excluding carboxylic acids is 1. The fraction of sp³-hybridized carbons (Fsp3) is 0.350. The molecule has 3 rings (SSSR count). The SMILES string of the molecule is Cc1ccc(S(=O)(=O)N2CCC[C@H]2C(=O)Nc2ccc(C)c(NS(C)(=O)=O)c2)cc1. The van der Waals surface area contributed by atoms with Crippen LogP contribution >= 0.6 is 0 Å². The maximum atomic E-state index is 13.0. The van der Waals surface area contributed by atoms with Crippen LogP contribution in [0.2, 0.25) is 0 Å². The second kappa shape index (κ2) is 8.37. The molecular weight excluding hydrogens is 426 g/mol. The van der Waals surface area contributed by atoms with Crippen LogP contribution in [-0.2, 0) is 24.8 Å². The fourth-order valence-corrected chi connectivity index (χ4v) is 5.65. The summed E-state index contributed by atoms with van der Waals surface area (Å²) in [7, 11) is -7.27. The van der Waals surface area contributed by atoms with E-state index in [4.69, 9.17) is 0 Å². The Hall–Kier alpha value is -2.43. The standard InChI is InChI=1S/C20H25N3O5S2/c1-14-6-10-17(11-7-14)30(27,28)23-12-4-5-19(23)20(24)21-16-9-8-15(2)18(13-16)22-29(3,25)26/h6-11,13,19,22H,4-5,12H2,1-3H3,(H,21,24)/t19-/m0/s1. The summed E-state index contributed by atoms with van der Waals surface area (Å²) in [6.45, 7) is 3.88. The molecule has 1 fully saturated rings. The monoisotopic (exact) mass is 451 g/mol. The van der Waals surface area contributed by atoms with Gasteiger partial charge in [-0.15, -0.1) is 0 Å². The second-order valence-electron chi connectivity index (χ2n) is 7.48. The molecule has 2 N–H and O–H groups in total. The Labute approximate surface area is 177 Å². The van der Waals surface area contributed by atoms with Gasteiger partial charge in [-0.2, -0.15) is 4.31 Å². The quantitative estimate of drug-likeness (QED) is 0.701. The molecule has 0 aromatic heterocycles. The molecule has 30 heavy (non-hydrogen) atoms. The predicted octanol–water partition coefficient (Wildman–Crippen LogP) is 2.47. The Balaban J connectivity index is 1.81. The Morgan fingerprint density at radius 1 is 1.03 bits per heavy atom. The number of hydrogen-bond acceptors (Lipinski definition) is 5. The van der Waals surface area contributed by atoms with E-state index < -0.39 is 32.0 Å². The van der Waals surface area contributed by atoms with Crippen molar-refractivity contribution in [2.75, 3.05) is 22.8 Å². The van der Waals surface area contributed by atoms with Crippen LogP contribution in [0.4, 0.5) is 11.4 Å². The van der Waals surface area contributed by atoms with Gasteiger partial charge in [0, 0.05) is 12.2 Å². The molecule has 0 bridgehead atoms. The van der Waals surface area contributed by atoms with Crippen molar-refractivity contribution in [1.82, 2.24) is 4.31 Å². The molecule has 1 heterocycles. The number of hydrogen-bond donors (Lipinski definition) is 2. The first-order valence-corrected chi connectivity index (χ1v) is 12.8. The van der Waals surface area contributed by atoms with E-state index in [0.29, 0.717) is 29.8 Å². The second-order valence-corrected chi connectivity index (χ2v) is 11.1. The van der Waals surface area contributed by atoms with Crippen LogP contribution in [0.3, 0.4) is 0 Å². The van der Waals surface area contributed by atoms with Crippen LogP contribution in [0.5, 0.6) is 0 Å². The summed E-state index contributed by atoms with van der Waals surface area (Å²) in [5.74, 6) is -0.447. The van der Waals surface area contributed by atoms with Gasteiger partial charge < -0.3 is 5.32 Å². The minimum absolute atomic E-state index is 0.155. The van der Waals surface area contributed by atoms with Gasteiger partial charge in [0.15, 0.2) is 0 Å². The molecule has 1 amide bonds. The van der Waals surface area contributed by atoms with Crippen molar-refractivity contribution in [2.45, 2.75) is 37.6 Å². The number of nitrogens with zero attached hydrogens (tertiary/aromatic N) is 1. The lowest BCUT2D eigenvalue weighted by molar-refractivity contribution is -0.119. The van der Waals surface area contributed by atoms with Crippen molar-refractivity contribution in [1.29, 1.82) is 0 Å². The Morgan fingerprint density at radius 3 is 2.33 bits per heavy atom. The molecule has 1 aliphatic heterocycles. The molecule has 1 saturated heterocycles. The van der Waals surface area contributed by atoms with Gasteiger partial charge >= 0.3 is 0 Å². The minimum atomic E-state index is -3.80. The molecule has 2 aromatic rings. The van der Waals surface area contributed by atoms with Gasteiger partial charge in [-0.3, -0.25) is 9.52 Å². The molecule has 162 valence electrons. The molecule has 8 nitrogen and oxygen atoms in total. The van der Waals surface area contributed by atoms with E-state index in [2.05, 4.69) is 10.0 Å². The first-order valence-electron chi connectivity index (χ1n) is 9.45. The van der Waals surface area contributed by atoms with E-state index in [1.165, 1.54) is 10.4 Å². The highest BCUT2D eigenvalue weighted by atomic mass is 32.2. The number of nitrogens with one attached hydrogen (secondary N) is 2. The number of rotatable bonds is 6. The van der Waals surface area contributed by atoms with Crippen molar-refractivity contribution >= 4 is 37.3 Å². The number of aryl methyl sites for hydroxylation is 2. The van der Waals surface area contributed by atoms with Gasteiger partial charge in [0.05, 0.1) is 16.8 Å². The average Bonchev–Trinajstić information content (AvgIpc) is 3.14. The molecule has 10 heteroatoms. The molecule has 0 spiro atoms. The van der Waals surface area contributed by atoms with Crippen molar-refractivity contribution < 1.29 is 21.6 Å². The third-order valence-electron chi connectivity index (χ3n) is 4.93. The van der Waals surface area contributed by atoms with Gasteiger partial charge in [0.25, 0.3) is 0 Å². The first kappa shape index (κ1) is 22.3. The van der Waals surface area contributed by atoms with Gasteiger partial charge in [-0.05, 0) is 56.5 Å². The molecule has 0 saturated carbocycles. The summed E-state index contributed by atoms with van der Waals surface area (Å²) >= 11 is 0. The van der Waals surface area contributed by atoms with Gasteiger partial charge in [0.2, 0.25) is 26.0 Å². The number of carbonyl (C=O) groups is 1. The van der Waals surface area contributed by atoms with E-state index in [1.807, 2.05) is 6.92 Å². The summed E-state index contributed by atoms with van der Waals surface area (Å²) in [5.41, 5.74) is 2.38. The zero-order valence-electron chi connectivity index (χ0n) is 17.0. The van der Waals surface area contributed by atoms with Crippen molar-refractivity contribution in [3.8, 4) is 0 Å². The summed E-state index contributed by atoms with van der Waals surface area (Å²) < 4.78 is 52.8. The van der Waals surface area contributed by atoms with Gasteiger partial charge in [-0.1, -0.05) is 23.8 Å². The van der Waals surface area contributed by atoms with Crippen LogP contribution in [0.1, 0.15) is 24.0 Å². The summed E-state index contributed by atoms with van der Waals surface area (Å²) in [4.78, 5) is 13.0. The lowest BCUT2D eigenvalue weighted by atomic mass is 10.1. The van der Waals surface area contributed by atoms with Gasteiger partial charge in [-0.25, -0.2) is 16.8 Å². The highest BCUT2D eigenvalue weighted by molar-refractivity contribution is 7.92. The maximum absolute atomic E-state index is 13.0. The normalized spacial score (nSPS) is 17.6. The molecule has 0 unspecified atom stereocenters. The summed E-state index contributed by atoms with van der Waals surface area (Å²) in [5, 5.41) is 2.72. The zero-order valence-corrected chi connectivity index (χ0v) is 18.7. The van der Waals surface area contributed by atoms with Gasteiger partial charge in [0.1, 0.15) is 6.04 Å². The Morgan fingerprint density at radius 2 is 1.70 bits per heavy atom. The number of anilines is 2. The lowest BCUT2D eigenvalue weighted by Crippen LogP contribution is -2.43. The third kappa shape index (κ3) is 5.00. The van der Waals surface area contributed by atoms with Crippen LogP contribution in [0, 0.1) is 13.8 Å². The first-order chi connectivity index (χ1) is 14.0. The molecule has 0 radical (unpaired) electrons. The Kier molecular flexibility index (Phi) is 6.21. The third-order valence-corrected chi connectivity index (χ3v) is 7.45. The molecular formula is C20H25N3O5S2. The molecule has 2 aromatic carbocycles. The largest absolute Gasteiger partial charge is 0.325 e. The average molecular weight is 452 g/mol. The minimum Gasteiger partial charge on any atom is -0.325 e. The van der Waals surface area contributed by atoms with Crippen LogP contribution in [-0.4, -0.2) is 45.9 Å². The van der Waals surface area contributed by atoms with E-state index in [-0.39, 0.29) is 11.4 Å². The van der Waals surface area contributed by atoms with E-state index >= 15 is 0 Å². The van der Waals surface area contributed by atoms with Crippen LogP contribution in [0.15, 0.2) is 47.4 Å². The summed E-state index contributed by atoms with van der Waals surface area (Å²) in [6, 6.07) is 10.5. The topological polar surface area (TPSA) is 113 Å². The molecule has 1 atom stereocenters. The van der Waals surface area contributed by atoms with E-state index in [9.17, 15) is 21.6 Å². The smallest absolute Gasteiger partial charge is 0.243 e. The zero-order chi connectivity index (χ0) is 22.1. The highest BCUT2D eigenvalue weighted by Gasteiger charge is 2.39. The lowest BCUT2D eigenvalue weighted by Gasteiger charge is -2.23. The van der Waals surface area contributed by atoms with Crippen LogP contribution in [0.25, 0.3) is 0 Å². The predicted molar refractivity (Wildman–Crippen MR) is 116 cm³/mol. The fourth-order valence-electron chi connectivity index (χ4n) is 3.37. The van der Waals surface area contributed by atoms with Crippen LogP contribution < -0.4 is 10.0 Å². The van der Waals surface area contributed by atoms with E-state index in [1.54, 1.807) is 43.3 Å². The highest BCUT2D eigenvalue weighted by Crippen LogP contribution is 2.28. The molecule has 0 aliphatic carbocycles.